The van der Waals surface area contributed by atoms with E-state index in [0.717, 1.165) is 48.1 Å². The Morgan fingerprint density at radius 1 is 1.16 bits per heavy atom. The number of carbonyl (C=O) groups is 1. The lowest BCUT2D eigenvalue weighted by Gasteiger charge is -2.20. The molecule has 9 heteroatoms. The molecule has 2 aromatic rings. The van der Waals surface area contributed by atoms with Crippen LogP contribution in [0.4, 0.5) is 4.39 Å². The number of amides is 1. The molecule has 3 aliphatic heterocycles. The Morgan fingerprint density at radius 3 is 2.68 bits per heavy atom. The quantitative estimate of drug-likeness (QED) is 0.725. The van der Waals surface area contributed by atoms with Gasteiger partial charge in [-0.2, -0.15) is 10.0 Å². The summed E-state index contributed by atoms with van der Waals surface area (Å²) in [6, 6.07) is 8.30. The Hall–Kier alpha value is -3.20. The first-order chi connectivity index (χ1) is 14.9. The minimum Gasteiger partial charge on any atom is -0.349 e. The van der Waals surface area contributed by atoms with Crippen molar-refractivity contribution in [2.45, 2.75) is 26.7 Å². The molecule has 31 heavy (non-hydrogen) atoms. The zero-order valence-electron chi connectivity index (χ0n) is 17.2. The van der Waals surface area contributed by atoms with Crippen molar-refractivity contribution in [1.29, 1.82) is 5.41 Å². The number of hydrogen-bond acceptors (Lipinski definition) is 5. The number of aromatic nitrogens is 1. The summed E-state index contributed by atoms with van der Waals surface area (Å²) in [4.78, 5) is 19.1. The van der Waals surface area contributed by atoms with Crippen molar-refractivity contribution in [1.82, 2.24) is 14.5 Å². The SMILES string of the molecule is Cc1cc(/C=C2\C(=N)N3N=C(N4CCCC4)SC3=NC2=O)c(C)n1-c1cccc(F)c1. The molecule has 0 aliphatic carbocycles. The van der Waals surface area contributed by atoms with Gasteiger partial charge in [0.05, 0.1) is 5.57 Å². The normalized spacial score (nSPS) is 19.9. The summed E-state index contributed by atoms with van der Waals surface area (Å²) in [5.74, 6) is -0.737. The topological polar surface area (TPSA) is 77.1 Å². The van der Waals surface area contributed by atoms with Gasteiger partial charge in [0.15, 0.2) is 11.0 Å². The van der Waals surface area contributed by atoms with E-state index in [0.29, 0.717) is 10.9 Å². The number of benzene rings is 1. The smallest absolute Gasteiger partial charge is 0.283 e. The molecule has 4 heterocycles. The van der Waals surface area contributed by atoms with Gasteiger partial charge in [-0.25, -0.2) is 4.39 Å². The van der Waals surface area contributed by atoms with Crippen LogP contribution in [0.3, 0.4) is 0 Å². The highest BCUT2D eigenvalue weighted by molar-refractivity contribution is 8.26. The molecule has 1 aromatic heterocycles. The maximum atomic E-state index is 13.7. The fraction of sp³-hybridized carbons (Fsp3) is 0.273. The Labute approximate surface area is 183 Å². The number of nitrogens with zero attached hydrogens (tertiary/aromatic N) is 5. The average molecular weight is 437 g/mol. The van der Waals surface area contributed by atoms with E-state index in [1.165, 1.54) is 28.9 Å². The first-order valence-corrected chi connectivity index (χ1v) is 10.9. The molecule has 1 N–H and O–H groups in total. The van der Waals surface area contributed by atoms with Gasteiger partial charge >= 0.3 is 0 Å². The number of aryl methyl sites for hydroxylation is 1. The van der Waals surface area contributed by atoms with Crippen molar-refractivity contribution < 1.29 is 9.18 Å². The van der Waals surface area contributed by atoms with Crippen molar-refractivity contribution in [2.75, 3.05) is 13.1 Å². The van der Waals surface area contributed by atoms with Crippen molar-refractivity contribution >= 4 is 39.9 Å². The van der Waals surface area contributed by atoms with Gasteiger partial charge in [-0.05, 0) is 74.4 Å². The van der Waals surface area contributed by atoms with E-state index in [1.807, 2.05) is 30.5 Å². The lowest BCUT2D eigenvalue weighted by Crippen LogP contribution is -2.35. The largest absolute Gasteiger partial charge is 0.349 e. The highest BCUT2D eigenvalue weighted by atomic mass is 32.2. The van der Waals surface area contributed by atoms with E-state index in [4.69, 9.17) is 5.41 Å². The number of amidine groups is 3. The van der Waals surface area contributed by atoms with Gasteiger partial charge in [-0.1, -0.05) is 6.07 Å². The Bertz CT molecular complexity index is 1200. The van der Waals surface area contributed by atoms with Gasteiger partial charge in [-0.3, -0.25) is 10.2 Å². The van der Waals surface area contributed by atoms with Crippen LogP contribution in [0.5, 0.6) is 0 Å². The molecular weight excluding hydrogens is 415 g/mol. The molecule has 1 fully saturated rings. The van der Waals surface area contributed by atoms with Crippen LogP contribution in [0.1, 0.15) is 29.8 Å². The number of likely N-dealkylation sites (tertiary alicyclic amines) is 1. The minimum absolute atomic E-state index is 0.0206. The average Bonchev–Trinajstić information content (AvgIpc) is 3.45. The maximum absolute atomic E-state index is 13.7. The predicted molar refractivity (Wildman–Crippen MR) is 121 cm³/mol. The number of fused-ring (bicyclic) bond motifs is 1. The lowest BCUT2D eigenvalue weighted by molar-refractivity contribution is -0.114. The summed E-state index contributed by atoms with van der Waals surface area (Å²) in [7, 11) is 0. The van der Waals surface area contributed by atoms with Crippen LogP contribution in [0.15, 0.2) is 46.0 Å². The number of carbonyl (C=O) groups excluding carboxylic acids is 1. The number of thioether (sulfide) groups is 1. The third-order valence-corrected chi connectivity index (χ3v) is 6.63. The van der Waals surface area contributed by atoms with Gasteiger partial charge in [0.1, 0.15) is 5.82 Å². The van der Waals surface area contributed by atoms with E-state index in [2.05, 4.69) is 15.0 Å². The van der Waals surface area contributed by atoms with Gasteiger partial charge in [0.25, 0.3) is 5.91 Å². The molecule has 0 spiro atoms. The Balaban J connectivity index is 1.50. The minimum atomic E-state index is -0.447. The molecular formula is C22H21FN6OS. The van der Waals surface area contributed by atoms with E-state index >= 15 is 0 Å². The van der Waals surface area contributed by atoms with Crippen molar-refractivity contribution in [2.24, 2.45) is 10.1 Å². The molecule has 7 nitrogen and oxygen atoms in total. The van der Waals surface area contributed by atoms with Gasteiger partial charge in [0.2, 0.25) is 5.17 Å². The second-order valence-electron chi connectivity index (χ2n) is 7.74. The first kappa shape index (κ1) is 19.7. The molecule has 0 atom stereocenters. The molecule has 0 radical (unpaired) electrons. The molecule has 5 rings (SSSR count). The first-order valence-electron chi connectivity index (χ1n) is 10.1. The summed E-state index contributed by atoms with van der Waals surface area (Å²) in [6.45, 7) is 5.70. The Kier molecular flexibility index (Phi) is 4.77. The molecule has 0 bridgehead atoms. The van der Waals surface area contributed by atoms with E-state index in [9.17, 15) is 9.18 Å². The molecule has 1 aromatic carbocycles. The van der Waals surface area contributed by atoms with Gasteiger partial charge in [-0.15, -0.1) is 5.10 Å². The van der Waals surface area contributed by atoms with E-state index in [1.54, 1.807) is 12.1 Å². The molecule has 3 aliphatic rings. The number of halogens is 1. The molecule has 0 saturated carbocycles. The zero-order valence-corrected chi connectivity index (χ0v) is 18.0. The summed E-state index contributed by atoms with van der Waals surface area (Å²) in [5, 5.41) is 15.8. The summed E-state index contributed by atoms with van der Waals surface area (Å²) < 4.78 is 15.7. The second-order valence-corrected chi connectivity index (χ2v) is 8.67. The van der Waals surface area contributed by atoms with E-state index in [-0.39, 0.29) is 17.2 Å². The van der Waals surface area contributed by atoms with Gasteiger partial charge < -0.3 is 9.47 Å². The third kappa shape index (κ3) is 3.38. The van der Waals surface area contributed by atoms with Crippen LogP contribution < -0.4 is 0 Å². The Morgan fingerprint density at radius 2 is 1.94 bits per heavy atom. The fourth-order valence-corrected chi connectivity index (χ4v) is 5.06. The summed E-state index contributed by atoms with van der Waals surface area (Å²) in [6.07, 6.45) is 3.92. The van der Waals surface area contributed by atoms with Crippen LogP contribution in [0.25, 0.3) is 11.8 Å². The molecule has 0 unspecified atom stereocenters. The highest BCUT2D eigenvalue weighted by Crippen LogP contribution is 2.31. The van der Waals surface area contributed by atoms with Crippen molar-refractivity contribution in [3.8, 4) is 5.69 Å². The zero-order chi connectivity index (χ0) is 21.7. The van der Waals surface area contributed by atoms with Crippen LogP contribution in [0, 0.1) is 25.1 Å². The highest BCUT2D eigenvalue weighted by Gasteiger charge is 2.37. The van der Waals surface area contributed by atoms with Crippen LogP contribution >= 0.6 is 11.8 Å². The predicted octanol–water partition coefficient (Wildman–Crippen LogP) is 3.91. The summed E-state index contributed by atoms with van der Waals surface area (Å²) >= 11 is 1.34. The van der Waals surface area contributed by atoms with Crippen LogP contribution in [-0.2, 0) is 4.79 Å². The monoisotopic (exact) mass is 436 g/mol. The van der Waals surface area contributed by atoms with Crippen LogP contribution in [0.2, 0.25) is 0 Å². The van der Waals surface area contributed by atoms with Gasteiger partial charge in [0, 0.05) is 30.2 Å². The molecule has 1 saturated heterocycles. The lowest BCUT2D eigenvalue weighted by atomic mass is 10.1. The molecule has 158 valence electrons. The second kappa shape index (κ2) is 7.49. The summed E-state index contributed by atoms with van der Waals surface area (Å²) in [5.41, 5.74) is 3.43. The van der Waals surface area contributed by atoms with Crippen molar-refractivity contribution in [3.63, 3.8) is 0 Å². The number of nitrogens with one attached hydrogen (secondary N) is 1. The fourth-order valence-electron chi connectivity index (χ4n) is 4.12. The third-order valence-electron chi connectivity index (χ3n) is 5.66. The maximum Gasteiger partial charge on any atom is 0.283 e. The number of rotatable bonds is 2. The standard InChI is InChI=1S/C22H21FN6OS/c1-13-10-15(14(2)28(13)17-7-5-6-16(23)12-17)11-18-19(24)29-21(25-20(18)30)31-22(26-29)27-8-3-4-9-27/h5-7,10-12,24H,3-4,8-9H2,1-2H3/b18-11+,24-19?. The number of hydrogen-bond donors (Lipinski definition) is 1. The molecule has 1 amide bonds. The van der Waals surface area contributed by atoms with Crippen molar-refractivity contribution in [3.05, 3.63) is 58.7 Å². The number of aliphatic imine (C=N–C) groups is 1. The van der Waals surface area contributed by atoms with E-state index < -0.39 is 5.91 Å². The van der Waals surface area contributed by atoms with Crippen LogP contribution in [-0.4, -0.2) is 49.6 Å². The number of hydrazone groups is 1.